The van der Waals surface area contributed by atoms with Crippen LogP contribution in [0.5, 0.6) is 0 Å². The van der Waals surface area contributed by atoms with Crippen LogP contribution < -0.4 is 10.6 Å². The minimum absolute atomic E-state index is 0.345. The van der Waals surface area contributed by atoms with E-state index in [0.717, 1.165) is 0 Å². The number of aromatic nitrogens is 2. The summed E-state index contributed by atoms with van der Waals surface area (Å²) >= 11 is 0. The van der Waals surface area contributed by atoms with Crippen LogP contribution in [0.15, 0.2) is 12.3 Å². The van der Waals surface area contributed by atoms with Gasteiger partial charge < -0.3 is 10.1 Å². The molecule has 1 aliphatic rings. The number of rotatable bonds is 5. The van der Waals surface area contributed by atoms with Crippen molar-refractivity contribution in [2.75, 3.05) is 25.6 Å². The molecule has 19 heavy (non-hydrogen) atoms. The molecule has 1 unspecified atom stereocenters. The highest BCUT2D eigenvalue weighted by Crippen LogP contribution is 2.25. The van der Waals surface area contributed by atoms with Crippen molar-refractivity contribution in [1.82, 2.24) is 15.1 Å². The first-order chi connectivity index (χ1) is 9.00. The van der Waals surface area contributed by atoms with Gasteiger partial charge in [-0.3, -0.25) is 14.8 Å². The molecule has 0 radical (unpaired) electrons. The normalized spacial score (nSPS) is 21.5. The summed E-state index contributed by atoms with van der Waals surface area (Å²) in [7, 11) is 1.58. The maximum absolute atomic E-state index is 13.0. The Hall–Kier alpha value is -1.54. The van der Waals surface area contributed by atoms with Gasteiger partial charge >= 0.3 is 0 Å². The number of anilines is 1. The molecule has 1 saturated heterocycles. The third kappa shape index (κ3) is 3.71. The molecule has 8 heteroatoms. The van der Waals surface area contributed by atoms with Crippen molar-refractivity contribution in [2.24, 2.45) is 0 Å². The summed E-state index contributed by atoms with van der Waals surface area (Å²) in [6, 6.07) is 0.736. The number of nitrogens with one attached hydrogen (secondary N) is 2. The number of carbonyl (C=O) groups excluding carboxylic acids is 1. The number of methoxy groups -OCH3 is 1. The van der Waals surface area contributed by atoms with E-state index in [1.165, 1.54) is 0 Å². The molecule has 1 aromatic heterocycles. The Labute approximate surface area is 109 Å². The van der Waals surface area contributed by atoms with Crippen molar-refractivity contribution in [3.05, 3.63) is 12.3 Å². The van der Waals surface area contributed by atoms with Crippen LogP contribution >= 0.6 is 0 Å². The number of alkyl halides is 2. The van der Waals surface area contributed by atoms with E-state index in [2.05, 4.69) is 15.7 Å². The largest absolute Gasteiger partial charge is 0.383 e. The first kappa shape index (κ1) is 13.9. The summed E-state index contributed by atoms with van der Waals surface area (Å²) in [5, 5.41) is 9.09. The van der Waals surface area contributed by atoms with Crippen molar-refractivity contribution >= 4 is 11.7 Å². The van der Waals surface area contributed by atoms with Crippen LogP contribution in [0.3, 0.4) is 0 Å². The van der Waals surface area contributed by atoms with Crippen LogP contribution in [0.2, 0.25) is 0 Å². The van der Waals surface area contributed by atoms with Crippen LogP contribution in [0.1, 0.15) is 6.42 Å². The monoisotopic (exact) mass is 274 g/mol. The molecule has 0 aliphatic carbocycles. The summed E-state index contributed by atoms with van der Waals surface area (Å²) in [5.41, 5.74) is 0. The van der Waals surface area contributed by atoms with Gasteiger partial charge in [0.2, 0.25) is 5.91 Å². The van der Waals surface area contributed by atoms with Gasteiger partial charge in [0.1, 0.15) is 0 Å². The highest BCUT2D eigenvalue weighted by Gasteiger charge is 2.42. The number of nitrogens with zero attached hydrogens (tertiary/aromatic N) is 2. The van der Waals surface area contributed by atoms with Crippen LogP contribution in [0.25, 0.3) is 0 Å². The quantitative estimate of drug-likeness (QED) is 0.819. The maximum atomic E-state index is 13.0. The number of ether oxygens (including phenoxy) is 1. The first-order valence-electron chi connectivity index (χ1n) is 5.95. The van der Waals surface area contributed by atoms with Crippen LogP contribution in [-0.2, 0) is 16.1 Å². The standard InChI is InChI=1S/C11H16F2N4O2/c1-19-5-4-17-3-2-9(16-17)15-10(18)8-6-11(12,13)7-14-8/h2-3,8,14H,4-7H2,1H3,(H,15,16,18). The Morgan fingerprint density at radius 3 is 3.16 bits per heavy atom. The summed E-state index contributed by atoms with van der Waals surface area (Å²) in [5.74, 6) is -2.97. The van der Waals surface area contributed by atoms with E-state index in [1.54, 1.807) is 24.1 Å². The van der Waals surface area contributed by atoms with E-state index in [-0.39, 0.29) is 0 Å². The fourth-order valence-electron chi connectivity index (χ4n) is 1.85. The molecule has 2 N–H and O–H groups in total. The summed E-state index contributed by atoms with van der Waals surface area (Å²) in [6.07, 6.45) is 1.20. The lowest BCUT2D eigenvalue weighted by Crippen LogP contribution is -2.35. The van der Waals surface area contributed by atoms with Crippen molar-refractivity contribution in [3.8, 4) is 0 Å². The highest BCUT2D eigenvalue weighted by atomic mass is 19.3. The summed E-state index contributed by atoms with van der Waals surface area (Å²) < 4.78 is 32.4. The molecule has 6 nitrogen and oxygen atoms in total. The second kappa shape index (κ2) is 5.62. The van der Waals surface area contributed by atoms with E-state index in [4.69, 9.17) is 4.74 Å². The van der Waals surface area contributed by atoms with E-state index in [0.29, 0.717) is 19.0 Å². The number of amides is 1. The molecular weight excluding hydrogens is 258 g/mol. The second-order valence-electron chi connectivity index (χ2n) is 4.44. The molecule has 1 atom stereocenters. The molecule has 0 spiro atoms. The summed E-state index contributed by atoms with van der Waals surface area (Å²) in [6.45, 7) is 0.602. The Morgan fingerprint density at radius 2 is 2.53 bits per heavy atom. The van der Waals surface area contributed by atoms with Crippen molar-refractivity contribution in [2.45, 2.75) is 24.9 Å². The molecule has 1 aliphatic heterocycles. The lowest BCUT2D eigenvalue weighted by atomic mass is 10.2. The molecule has 0 saturated carbocycles. The van der Waals surface area contributed by atoms with E-state index in [9.17, 15) is 13.6 Å². The van der Waals surface area contributed by atoms with Crippen molar-refractivity contribution in [3.63, 3.8) is 0 Å². The van der Waals surface area contributed by atoms with E-state index in [1.807, 2.05) is 0 Å². The third-order valence-electron chi connectivity index (χ3n) is 2.84. The molecular formula is C11H16F2N4O2. The lowest BCUT2D eigenvalue weighted by Gasteiger charge is -2.09. The molecule has 0 bridgehead atoms. The average molecular weight is 274 g/mol. The first-order valence-corrected chi connectivity index (χ1v) is 5.95. The molecule has 2 rings (SSSR count). The minimum Gasteiger partial charge on any atom is -0.383 e. The molecule has 2 heterocycles. The van der Waals surface area contributed by atoms with Gasteiger partial charge in [-0.25, -0.2) is 8.78 Å². The van der Waals surface area contributed by atoms with Crippen LogP contribution in [0, 0.1) is 0 Å². The number of hydrogen-bond donors (Lipinski definition) is 2. The SMILES string of the molecule is COCCn1ccc(NC(=O)C2CC(F)(F)CN2)n1. The van der Waals surface area contributed by atoms with E-state index < -0.39 is 30.8 Å². The molecule has 1 amide bonds. The van der Waals surface area contributed by atoms with Gasteiger partial charge in [-0.1, -0.05) is 0 Å². The molecule has 106 valence electrons. The van der Waals surface area contributed by atoms with Gasteiger partial charge in [-0.15, -0.1) is 0 Å². The second-order valence-corrected chi connectivity index (χ2v) is 4.44. The van der Waals surface area contributed by atoms with Gasteiger partial charge in [0, 0.05) is 25.8 Å². The third-order valence-corrected chi connectivity index (χ3v) is 2.84. The zero-order valence-electron chi connectivity index (χ0n) is 10.5. The Balaban J connectivity index is 1.87. The zero-order chi connectivity index (χ0) is 13.9. The molecule has 0 aromatic carbocycles. The molecule has 1 fully saturated rings. The summed E-state index contributed by atoms with van der Waals surface area (Å²) in [4.78, 5) is 11.7. The topological polar surface area (TPSA) is 68.2 Å². The molecule has 1 aromatic rings. The van der Waals surface area contributed by atoms with Crippen LogP contribution in [-0.4, -0.2) is 47.9 Å². The van der Waals surface area contributed by atoms with E-state index >= 15 is 0 Å². The fourth-order valence-corrected chi connectivity index (χ4v) is 1.85. The van der Waals surface area contributed by atoms with Gasteiger partial charge in [-0.05, 0) is 0 Å². The maximum Gasteiger partial charge on any atom is 0.262 e. The van der Waals surface area contributed by atoms with Gasteiger partial charge in [0.25, 0.3) is 5.92 Å². The average Bonchev–Trinajstić information content (AvgIpc) is 2.93. The smallest absolute Gasteiger partial charge is 0.262 e. The number of hydrogen-bond acceptors (Lipinski definition) is 4. The van der Waals surface area contributed by atoms with Gasteiger partial charge in [-0.2, -0.15) is 5.10 Å². The van der Waals surface area contributed by atoms with Crippen LogP contribution in [0.4, 0.5) is 14.6 Å². The Bertz CT molecular complexity index is 450. The fraction of sp³-hybridized carbons (Fsp3) is 0.636. The minimum atomic E-state index is -2.82. The Morgan fingerprint density at radius 1 is 1.74 bits per heavy atom. The predicted octanol–water partition coefficient (Wildman–Crippen LogP) is 0.465. The number of halogens is 2. The van der Waals surface area contributed by atoms with Gasteiger partial charge in [0.05, 0.1) is 25.7 Å². The lowest BCUT2D eigenvalue weighted by molar-refractivity contribution is -0.118. The van der Waals surface area contributed by atoms with Crippen molar-refractivity contribution in [1.29, 1.82) is 0 Å². The van der Waals surface area contributed by atoms with Crippen molar-refractivity contribution < 1.29 is 18.3 Å². The number of carbonyl (C=O) groups is 1. The Kier molecular flexibility index (Phi) is 4.11. The highest BCUT2D eigenvalue weighted by molar-refractivity contribution is 5.94. The zero-order valence-corrected chi connectivity index (χ0v) is 10.5. The van der Waals surface area contributed by atoms with Gasteiger partial charge in [0.15, 0.2) is 5.82 Å². The predicted molar refractivity (Wildman–Crippen MR) is 64.1 cm³/mol.